The van der Waals surface area contributed by atoms with Crippen LogP contribution in [0.1, 0.15) is 26.3 Å². The number of piperazine rings is 1. The molecule has 0 aliphatic carbocycles. The molecule has 0 N–H and O–H groups in total. The van der Waals surface area contributed by atoms with Gasteiger partial charge in [0.1, 0.15) is 11.4 Å². The van der Waals surface area contributed by atoms with Crippen LogP contribution in [0.5, 0.6) is 0 Å². The second-order valence-electron chi connectivity index (χ2n) is 7.43. The molecule has 1 aliphatic heterocycles. The normalized spacial score (nSPS) is 15.7. The first kappa shape index (κ1) is 19.8. The summed E-state index contributed by atoms with van der Waals surface area (Å²) in [6.07, 6.45) is -0.306. The summed E-state index contributed by atoms with van der Waals surface area (Å²) in [5.41, 5.74) is 0.372. The summed E-state index contributed by atoms with van der Waals surface area (Å²) in [5, 5.41) is 0. The molecule has 1 fully saturated rings. The van der Waals surface area contributed by atoms with Gasteiger partial charge < -0.3 is 19.4 Å². The summed E-state index contributed by atoms with van der Waals surface area (Å²) >= 11 is 0. The van der Waals surface area contributed by atoms with Crippen LogP contribution in [0, 0.1) is 0 Å². The maximum atomic E-state index is 12.2. The molecule has 1 heterocycles. The standard InChI is InChI=1S/C19H28N4O3/c1-19(2,3)26-18(25)23-13-11-22(12-14-23)16(20-17(24)21(4)5)15-9-7-6-8-10-15/h6-10H,11-14H2,1-5H3. The lowest BCUT2D eigenvalue weighted by Gasteiger charge is -2.37. The molecule has 7 nitrogen and oxygen atoms in total. The summed E-state index contributed by atoms with van der Waals surface area (Å²) in [6, 6.07) is 9.32. The Bertz CT molecular complexity index is 657. The lowest BCUT2D eigenvalue weighted by molar-refractivity contribution is 0.0187. The second kappa shape index (κ2) is 8.21. The number of hydrogen-bond donors (Lipinski definition) is 0. The van der Waals surface area contributed by atoms with Gasteiger partial charge in [-0.3, -0.25) is 0 Å². The van der Waals surface area contributed by atoms with E-state index in [0.29, 0.717) is 32.0 Å². The molecule has 0 atom stereocenters. The van der Waals surface area contributed by atoms with E-state index in [1.54, 1.807) is 19.0 Å². The van der Waals surface area contributed by atoms with Crippen molar-refractivity contribution in [3.05, 3.63) is 35.9 Å². The summed E-state index contributed by atoms with van der Waals surface area (Å²) < 4.78 is 5.43. The van der Waals surface area contributed by atoms with E-state index < -0.39 is 5.60 Å². The van der Waals surface area contributed by atoms with E-state index >= 15 is 0 Å². The maximum Gasteiger partial charge on any atom is 0.410 e. The molecule has 0 bridgehead atoms. The van der Waals surface area contributed by atoms with Crippen molar-refractivity contribution in [3.63, 3.8) is 0 Å². The minimum atomic E-state index is -0.511. The van der Waals surface area contributed by atoms with Crippen molar-refractivity contribution in [3.8, 4) is 0 Å². The lowest BCUT2D eigenvalue weighted by atomic mass is 10.1. The third kappa shape index (κ3) is 5.47. The Morgan fingerprint density at radius 2 is 1.54 bits per heavy atom. The Hall–Kier alpha value is -2.57. The molecule has 26 heavy (non-hydrogen) atoms. The first-order valence-electron chi connectivity index (χ1n) is 8.75. The molecule has 0 aromatic heterocycles. The number of ether oxygens (including phenoxy) is 1. The van der Waals surface area contributed by atoms with Gasteiger partial charge in [-0.2, -0.15) is 4.99 Å². The van der Waals surface area contributed by atoms with Crippen molar-refractivity contribution >= 4 is 18.0 Å². The van der Waals surface area contributed by atoms with Crippen molar-refractivity contribution in [2.24, 2.45) is 4.99 Å². The van der Waals surface area contributed by atoms with Crippen LogP contribution in [0.4, 0.5) is 9.59 Å². The van der Waals surface area contributed by atoms with Crippen LogP contribution in [0.15, 0.2) is 35.3 Å². The Kier molecular flexibility index (Phi) is 6.23. The SMILES string of the molecule is CN(C)C(=O)N=C(c1ccccc1)N1CCN(C(=O)OC(C)(C)C)CC1. The van der Waals surface area contributed by atoms with Crippen molar-refractivity contribution in [2.45, 2.75) is 26.4 Å². The number of amidine groups is 1. The lowest BCUT2D eigenvalue weighted by Crippen LogP contribution is -2.52. The largest absolute Gasteiger partial charge is 0.444 e. The van der Waals surface area contributed by atoms with Gasteiger partial charge in [-0.15, -0.1) is 0 Å². The fourth-order valence-corrected chi connectivity index (χ4v) is 2.52. The van der Waals surface area contributed by atoms with Gasteiger partial charge in [0, 0.05) is 45.8 Å². The summed E-state index contributed by atoms with van der Waals surface area (Å²) in [6.45, 7) is 7.80. The molecule has 1 aromatic rings. The van der Waals surface area contributed by atoms with Crippen LogP contribution >= 0.6 is 0 Å². The highest BCUT2D eigenvalue weighted by Crippen LogP contribution is 2.14. The molecule has 0 unspecified atom stereocenters. The summed E-state index contributed by atoms with van der Waals surface area (Å²) in [4.78, 5) is 33.8. The number of urea groups is 1. The van der Waals surface area contributed by atoms with Crippen molar-refractivity contribution in [1.82, 2.24) is 14.7 Å². The topological polar surface area (TPSA) is 65.5 Å². The molecule has 1 aliphatic rings. The van der Waals surface area contributed by atoms with E-state index in [-0.39, 0.29) is 12.1 Å². The minimum absolute atomic E-state index is 0.306. The molecular formula is C19H28N4O3. The van der Waals surface area contributed by atoms with Gasteiger partial charge in [0.2, 0.25) is 0 Å². The predicted octanol–water partition coefficient (Wildman–Crippen LogP) is 2.67. The second-order valence-corrected chi connectivity index (χ2v) is 7.43. The van der Waals surface area contributed by atoms with Crippen LogP contribution < -0.4 is 0 Å². The van der Waals surface area contributed by atoms with E-state index in [0.717, 1.165) is 5.56 Å². The van der Waals surface area contributed by atoms with E-state index in [1.165, 1.54) is 4.90 Å². The highest BCUT2D eigenvalue weighted by molar-refractivity contribution is 6.04. The van der Waals surface area contributed by atoms with Gasteiger partial charge in [0.05, 0.1) is 0 Å². The Labute approximate surface area is 155 Å². The maximum absolute atomic E-state index is 12.2. The van der Waals surface area contributed by atoms with Crippen LogP contribution in [0.25, 0.3) is 0 Å². The van der Waals surface area contributed by atoms with Crippen LogP contribution in [0.3, 0.4) is 0 Å². The highest BCUT2D eigenvalue weighted by Gasteiger charge is 2.27. The van der Waals surface area contributed by atoms with Gasteiger partial charge in [-0.1, -0.05) is 30.3 Å². The molecule has 1 saturated heterocycles. The Balaban J connectivity index is 2.12. The molecule has 1 aromatic carbocycles. The molecule has 0 saturated carbocycles. The first-order valence-corrected chi connectivity index (χ1v) is 8.75. The molecule has 2 rings (SSSR count). The minimum Gasteiger partial charge on any atom is -0.444 e. The predicted molar refractivity (Wildman–Crippen MR) is 101 cm³/mol. The molecule has 3 amide bonds. The third-order valence-corrected chi connectivity index (χ3v) is 3.85. The van der Waals surface area contributed by atoms with Crippen molar-refractivity contribution < 1.29 is 14.3 Å². The number of nitrogens with zero attached hydrogens (tertiary/aromatic N) is 4. The van der Waals surface area contributed by atoms with Crippen molar-refractivity contribution in [2.75, 3.05) is 40.3 Å². The number of rotatable bonds is 1. The van der Waals surface area contributed by atoms with Crippen molar-refractivity contribution in [1.29, 1.82) is 0 Å². The molecule has 7 heteroatoms. The molecular weight excluding hydrogens is 332 g/mol. The number of amides is 3. The number of carbonyl (C=O) groups excluding carboxylic acids is 2. The molecule has 142 valence electrons. The van der Waals surface area contributed by atoms with Crippen LogP contribution in [0.2, 0.25) is 0 Å². The monoisotopic (exact) mass is 360 g/mol. The molecule has 0 radical (unpaired) electrons. The highest BCUT2D eigenvalue weighted by atomic mass is 16.6. The van der Waals surface area contributed by atoms with E-state index in [2.05, 4.69) is 4.99 Å². The first-order chi connectivity index (χ1) is 12.2. The number of hydrogen-bond acceptors (Lipinski definition) is 3. The third-order valence-electron chi connectivity index (χ3n) is 3.85. The fourth-order valence-electron chi connectivity index (χ4n) is 2.52. The average Bonchev–Trinajstić information content (AvgIpc) is 2.59. The van der Waals surface area contributed by atoms with Gasteiger partial charge >= 0.3 is 12.1 Å². The van der Waals surface area contributed by atoms with E-state index in [4.69, 9.17) is 4.74 Å². The quantitative estimate of drug-likeness (QED) is 0.570. The molecule has 0 spiro atoms. The van der Waals surface area contributed by atoms with Gasteiger partial charge in [0.25, 0.3) is 0 Å². The van der Waals surface area contributed by atoms with Gasteiger partial charge in [0.15, 0.2) is 0 Å². The fraction of sp³-hybridized carbons (Fsp3) is 0.526. The Morgan fingerprint density at radius 3 is 2.04 bits per heavy atom. The number of benzene rings is 1. The van der Waals surface area contributed by atoms with Gasteiger partial charge in [-0.25, -0.2) is 9.59 Å². The summed E-state index contributed by atoms with van der Waals surface area (Å²) in [7, 11) is 3.35. The number of aliphatic imine (C=N–C) groups is 1. The van der Waals surface area contributed by atoms with E-state index in [1.807, 2.05) is 56.0 Å². The zero-order chi connectivity index (χ0) is 19.3. The zero-order valence-corrected chi connectivity index (χ0v) is 16.2. The Morgan fingerprint density at radius 1 is 1.00 bits per heavy atom. The summed E-state index contributed by atoms with van der Waals surface area (Å²) in [5.74, 6) is 0.633. The number of carbonyl (C=O) groups is 2. The zero-order valence-electron chi connectivity index (χ0n) is 16.2. The van der Waals surface area contributed by atoms with Crippen LogP contribution in [-0.2, 0) is 4.74 Å². The average molecular weight is 360 g/mol. The van der Waals surface area contributed by atoms with Gasteiger partial charge in [-0.05, 0) is 20.8 Å². The smallest absolute Gasteiger partial charge is 0.410 e. The van der Waals surface area contributed by atoms with Crippen LogP contribution in [-0.4, -0.2) is 78.5 Å². The van der Waals surface area contributed by atoms with E-state index in [9.17, 15) is 9.59 Å².